The maximum Gasteiger partial charge on any atom is 0.329 e. The van der Waals surface area contributed by atoms with E-state index in [-0.39, 0.29) is 6.04 Å². The van der Waals surface area contributed by atoms with Crippen molar-refractivity contribution in [2.75, 3.05) is 14.2 Å². The van der Waals surface area contributed by atoms with Crippen LogP contribution < -0.4 is 20.2 Å². The van der Waals surface area contributed by atoms with E-state index in [1.165, 1.54) is 7.11 Å². The minimum Gasteiger partial charge on any atom is -0.493 e. The highest BCUT2D eigenvalue weighted by molar-refractivity contribution is 6.35. The monoisotopic (exact) mass is 305 g/mol. The first-order valence-electron chi connectivity index (χ1n) is 6.92. The molecule has 2 N–H and O–H groups in total. The van der Waals surface area contributed by atoms with Crippen LogP contribution in [0.3, 0.4) is 0 Å². The van der Waals surface area contributed by atoms with E-state index in [0.717, 1.165) is 18.4 Å². The fourth-order valence-electron chi connectivity index (χ4n) is 1.79. The van der Waals surface area contributed by atoms with Crippen LogP contribution in [0.1, 0.15) is 25.3 Å². The van der Waals surface area contributed by atoms with E-state index in [1.54, 1.807) is 32.2 Å². The van der Waals surface area contributed by atoms with Gasteiger partial charge in [-0.15, -0.1) is 0 Å². The smallest absolute Gasteiger partial charge is 0.329 e. The lowest BCUT2D eigenvalue weighted by atomic mass is 10.1. The summed E-state index contributed by atoms with van der Waals surface area (Å²) >= 11 is 0. The number of ether oxygens (including phenoxy) is 2. The predicted molar refractivity (Wildman–Crippen MR) is 81.1 cm³/mol. The highest BCUT2D eigenvalue weighted by Gasteiger charge is 2.26. The number of rotatable bonds is 5. The second-order valence-electron chi connectivity index (χ2n) is 4.96. The molecule has 1 aliphatic rings. The Morgan fingerprint density at radius 1 is 1.14 bits per heavy atom. The standard InChI is InChI=1S/C15H19N3O4/c1-9(10-4-7-12(21-2)13(8-10)22-3)17-18-15(20)14(19)16-11-5-6-11/h4,7-8,11H,5-6H2,1-3H3,(H,16,19)(H,18,20)/b17-9-. The largest absolute Gasteiger partial charge is 0.493 e. The second kappa shape index (κ2) is 6.93. The summed E-state index contributed by atoms with van der Waals surface area (Å²) in [6.07, 6.45) is 1.85. The van der Waals surface area contributed by atoms with Crippen LogP contribution in [0.25, 0.3) is 0 Å². The van der Waals surface area contributed by atoms with Gasteiger partial charge in [0.1, 0.15) is 0 Å². The number of hydrogen-bond donors (Lipinski definition) is 2. The Hall–Kier alpha value is -2.57. The molecular weight excluding hydrogens is 286 g/mol. The molecule has 7 nitrogen and oxygen atoms in total. The van der Waals surface area contributed by atoms with Crippen molar-refractivity contribution in [3.63, 3.8) is 0 Å². The van der Waals surface area contributed by atoms with Gasteiger partial charge in [0.2, 0.25) is 0 Å². The molecule has 1 saturated carbocycles. The molecule has 0 radical (unpaired) electrons. The highest BCUT2D eigenvalue weighted by atomic mass is 16.5. The summed E-state index contributed by atoms with van der Waals surface area (Å²) in [6.45, 7) is 1.72. The topological polar surface area (TPSA) is 89.0 Å². The molecule has 0 spiro atoms. The Morgan fingerprint density at radius 3 is 2.41 bits per heavy atom. The molecule has 1 aromatic rings. The van der Waals surface area contributed by atoms with E-state index in [2.05, 4.69) is 15.8 Å². The van der Waals surface area contributed by atoms with Crippen molar-refractivity contribution in [1.29, 1.82) is 0 Å². The van der Waals surface area contributed by atoms with Gasteiger partial charge in [-0.3, -0.25) is 9.59 Å². The van der Waals surface area contributed by atoms with Crippen LogP contribution in [-0.4, -0.2) is 37.8 Å². The molecule has 1 aliphatic carbocycles. The minimum atomic E-state index is -0.772. The molecule has 0 heterocycles. The molecule has 2 amide bonds. The number of methoxy groups -OCH3 is 2. The van der Waals surface area contributed by atoms with Gasteiger partial charge >= 0.3 is 11.8 Å². The van der Waals surface area contributed by atoms with Crippen LogP contribution in [0.4, 0.5) is 0 Å². The van der Waals surface area contributed by atoms with Crippen LogP contribution in [0, 0.1) is 0 Å². The number of nitrogens with one attached hydrogen (secondary N) is 2. The number of nitrogens with zero attached hydrogens (tertiary/aromatic N) is 1. The summed E-state index contributed by atoms with van der Waals surface area (Å²) in [5, 5.41) is 6.53. The fraction of sp³-hybridized carbons (Fsp3) is 0.400. The number of carbonyl (C=O) groups is 2. The van der Waals surface area contributed by atoms with Gasteiger partial charge in [-0.05, 0) is 38.0 Å². The van der Waals surface area contributed by atoms with Crippen LogP contribution in [-0.2, 0) is 9.59 Å². The molecule has 2 rings (SSSR count). The number of amides is 2. The molecule has 0 aliphatic heterocycles. The van der Waals surface area contributed by atoms with Crippen molar-refractivity contribution in [3.05, 3.63) is 23.8 Å². The van der Waals surface area contributed by atoms with E-state index < -0.39 is 11.8 Å². The SMILES string of the molecule is COc1ccc(/C(C)=N\NC(=O)C(=O)NC2CC2)cc1OC. The van der Waals surface area contributed by atoms with E-state index in [0.29, 0.717) is 17.2 Å². The lowest BCUT2D eigenvalue weighted by Crippen LogP contribution is -2.39. The predicted octanol–water partition coefficient (Wildman–Crippen LogP) is 0.823. The third-order valence-corrected chi connectivity index (χ3v) is 3.25. The van der Waals surface area contributed by atoms with Crippen molar-refractivity contribution in [2.24, 2.45) is 5.10 Å². The van der Waals surface area contributed by atoms with E-state index in [1.807, 2.05) is 0 Å². The van der Waals surface area contributed by atoms with Gasteiger partial charge in [0.15, 0.2) is 11.5 Å². The molecule has 1 fully saturated rings. The normalized spacial score (nSPS) is 14.2. The maximum absolute atomic E-state index is 11.6. The van der Waals surface area contributed by atoms with Gasteiger partial charge in [0.25, 0.3) is 0 Å². The van der Waals surface area contributed by atoms with Crippen molar-refractivity contribution in [1.82, 2.24) is 10.7 Å². The van der Waals surface area contributed by atoms with Crippen molar-refractivity contribution >= 4 is 17.5 Å². The average molecular weight is 305 g/mol. The molecule has 0 unspecified atom stereocenters. The zero-order valence-electron chi connectivity index (χ0n) is 12.8. The van der Waals surface area contributed by atoms with E-state index in [4.69, 9.17) is 9.47 Å². The first-order chi connectivity index (χ1) is 10.5. The lowest BCUT2D eigenvalue weighted by molar-refractivity contribution is -0.139. The number of benzene rings is 1. The molecule has 1 aromatic carbocycles. The molecular formula is C15H19N3O4. The molecule has 0 bridgehead atoms. The number of carbonyl (C=O) groups excluding carboxylic acids is 2. The Balaban J connectivity index is 2.01. The average Bonchev–Trinajstić information content (AvgIpc) is 3.35. The molecule has 22 heavy (non-hydrogen) atoms. The third-order valence-electron chi connectivity index (χ3n) is 3.25. The number of hydrogen-bond acceptors (Lipinski definition) is 5. The summed E-state index contributed by atoms with van der Waals surface area (Å²) in [5.41, 5.74) is 3.54. The summed E-state index contributed by atoms with van der Waals surface area (Å²) < 4.78 is 10.4. The second-order valence-corrected chi connectivity index (χ2v) is 4.96. The lowest BCUT2D eigenvalue weighted by Gasteiger charge is -2.09. The van der Waals surface area contributed by atoms with Gasteiger partial charge in [-0.25, -0.2) is 5.43 Å². The molecule has 0 atom stereocenters. The zero-order chi connectivity index (χ0) is 16.1. The first-order valence-corrected chi connectivity index (χ1v) is 6.92. The van der Waals surface area contributed by atoms with Crippen molar-refractivity contribution in [2.45, 2.75) is 25.8 Å². The van der Waals surface area contributed by atoms with Gasteiger partial charge in [0, 0.05) is 11.6 Å². The van der Waals surface area contributed by atoms with E-state index >= 15 is 0 Å². The van der Waals surface area contributed by atoms with Crippen LogP contribution in [0.15, 0.2) is 23.3 Å². The Labute approximate surface area is 128 Å². The highest BCUT2D eigenvalue weighted by Crippen LogP contribution is 2.27. The summed E-state index contributed by atoms with van der Waals surface area (Å²) in [5.74, 6) is -0.266. The Kier molecular flexibility index (Phi) is 4.98. The molecule has 7 heteroatoms. The van der Waals surface area contributed by atoms with Crippen molar-refractivity contribution in [3.8, 4) is 11.5 Å². The van der Waals surface area contributed by atoms with Gasteiger partial charge in [-0.2, -0.15) is 5.10 Å². The molecule has 0 saturated heterocycles. The zero-order valence-corrected chi connectivity index (χ0v) is 12.8. The Bertz CT molecular complexity index is 609. The quantitative estimate of drug-likeness (QED) is 0.479. The Morgan fingerprint density at radius 2 is 1.82 bits per heavy atom. The fourth-order valence-corrected chi connectivity index (χ4v) is 1.79. The molecule has 0 aromatic heterocycles. The summed E-state index contributed by atoms with van der Waals surface area (Å²) in [4.78, 5) is 23.1. The van der Waals surface area contributed by atoms with E-state index in [9.17, 15) is 9.59 Å². The van der Waals surface area contributed by atoms with Gasteiger partial charge in [-0.1, -0.05) is 0 Å². The minimum absolute atomic E-state index is 0.133. The van der Waals surface area contributed by atoms with Crippen LogP contribution in [0.5, 0.6) is 11.5 Å². The maximum atomic E-state index is 11.6. The molecule has 118 valence electrons. The van der Waals surface area contributed by atoms with Gasteiger partial charge in [0.05, 0.1) is 19.9 Å². The number of hydrazone groups is 1. The summed E-state index contributed by atoms with van der Waals surface area (Å²) in [7, 11) is 3.09. The van der Waals surface area contributed by atoms with Crippen molar-refractivity contribution < 1.29 is 19.1 Å². The third kappa shape index (κ3) is 3.97. The summed E-state index contributed by atoms with van der Waals surface area (Å²) in [6, 6.07) is 5.41. The van der Waals surface area contributed by atoms with Crippen LogP contribution >= 0.6 is 0 Å². The van der Waals surface area contributed by atoms with Crippen LogP contribution in [0.2, 0.25) is 0 Å². The van der Waals surface area contributed by atoms with Gasteiger partial charge < -0.3 is 14.8 Å². The first kappa shape index (κ1) is 15.8.